The Kier molecular flexibility index (Phi) is 4.18. The van der Waals surface area contributed by atoms with Crippen molar-refractivity contribution in [3.8, 4) is 28.1 Å². The number of para-hydroxylation sites is 2. The maximum Gasteiger partial charge on any atom is 0.0619 e. The first-order chi connectivity index (χ1) is 16.9. The van der Waals surface area contributed by atoms with Crippen molar-refractivity contribution in [3.05, 3.63) is 128 Å². The Morgan fingerprint density at radius 2 is 1.29 bits per heavy atom. The van der Waals surface area contributed by atoms with Gasteiger partial charge in [-0.05, 0) is 64.5 Å². The summed E-state index contributed by atoms with van der Waals surface area (Å²) in [4.78, 5) is 3.31. The van der Waals surface area contributed by atoms with Crippen LogP contribution in [-0.2, 0) is 0 Å². The molecular formula is C32H22N2. The van der Waals surface area contributed by atoms with Gasteiger partial charge in [-0.1, -0.05) is 78.9 Å². The summed E-state index contributed by atoms with van der Waals surface area (Å²) in [5.41, 5.74) is 8.46. The van der Waals surface area contributed by atoms with E-state index in [1.165, 1.54) is 55.0 Å². The fourth-order valence-electron chi connectivity index (χ4n) is 5.19. The molecule has 0 aliphatic carbocycles. The Balaban J connectivity index is 1.48. The molecule has 0 spiro atoms. The van der Waals surface area contributed by atoms with Crippen molar-refractivity contribution in [2.24, 2.45) is 0 Å². The lowest BCUT2D eigenvalue weighted by atomic mass is 9.98. The van der Waals surface area contributed by atoms with E-state index in [1.54, 1.807) is 0 Å². The molecule has 0 aliphatic rings. The Bertz CT molecular complexity index is 1790. The van der Waals surface area contributed by atoms with Crippen molar-refractivity contribution in [3.63, 3.8) is 0 Å². The normalized spacial score (nSPS) is 11.5. The van der Waals surface area contributed by atoms with E-state index in [9.17, 15) is 0 Å². The van der Waals surface area contributed by atoms with Crippen LogP contribution >= 0.6 is 0 Å². The van der Waals surface area contributed by atoms with E-state index in [4.69, 9.17) is 0 Å². The van der Waals surface area contributed by atoms with Gasteiger partial charge in [-0.2, -0.15) is 0 Å². The number of rotatable bonds is 3. The lowest BCUT2D eigenvalue weighted by molar-refractivity contribution is 1.19. The van der Waals surface area contributed by atoms with Crippen LogP contribution in [0.5, 0.6) is 0 Å². The van der Waals surface area contributed by atoms with E-state index in [0.717, 1.165) is 5.69 Å². The lowest BCUT2D eigenvalue weighted by Crippen LogP contribution is -1.94. The molecule has 0 aliphatic heterocycles. The molecule has 7 rings (SSSR count). The smallest absolute Gasteiger partial charge is 0.0619 e. The topological polar surface area (TPSA) is 20.7 Å². The van der Waals surface area contributed by atoms with Crippen LogP contribution in [-0.4, -0.2) is 9.55 Å². The molecule has 2 nitrogen and oxygen atoms in total. The first-order valence-electron chi connectivity index (χ1n) is 11.6. The zero-order chi connectivity index (χ0) is 22.5. The molecule has 7 aromatic rings. The van der Waals surface area contributed by atoms with Gasteiger partial charge >= 0.3 is 0 Å². The summed E-state index contributed by atoms with van der Waals surface area (Å²) < 4.78 is 2.40. The molecule has 2 aromatic heterocycles. The molecule has 2 heterocycles. The molecule has 0 atom stereocenters. The zero-order valence-corrected chi connectivity index (χ0v) is 18.6. The number of hydrogen-bond donors (Lipinski definition) is 1. The van der Waals surface area contributed by atoms with Gasteiger partial charge in [0, 0.05) is 33.7 Å². The highest BCUT2D eigenvalue weighted by atomic mass is 15.0. The summed E-state index contributed by atoms with van der Waals surface area (Å²) >= 11 is 0. The highest BCUT2D eigenvalue weighted by Crippen LogP contribution is 2.38. The molecule has 0 bridgehead atoms. The highest BCUT2D eigenvalue weighted by Gasteiger charge is 2.15. The Morgan fingerprint density at radius 3 is 2.18 bits per heavy atom. The fourth-order valence-corrected chi connectivity index (χ4v) is 5.19. The Labute approximate surface area is 197 Å². The lowest BCUT2D eigenvalue weighted by Gasteiger charge is -2.11. The van der Waals surface area contributed by atoms with Gasteiger partial charge in [0.2, 0.25) is 0 Å². The fraction of sp³-hybridized carbons (Fsp3) is 0. The number of fused-ring (bicyclic) bond motifs is 5. The minimum absolute atomic E-state index is 1.14. The molecule has 2 heteroatoms. The Morgan fingerprint density at radius 1 is 0.500 bits per heavy atom. The quantitative estimate of drug-likeness (QED) is 0.287. The van der Waals surface area contributed by atoms with Crippen molar-refractivity contribution in [2.75, 3.05) is 0 Å². The third-order valence-corrected chi connectivity index (χ3v) is 6.77. The summed E-state index contributed by atoms with van der Waals surface area (Å²) in [6, 6.07) is 43.6. The summed E-state index contributed by atoms with van der Waals surface area (Å²) in [7, 11) is 0. The predicted molar refractivity (Wildman–Crippen MR) is 144 cm³/mol. The van der Waals surface area contributed by atoms with Gasteiger partial charge < -0.3 is 9.55 Å². The summed E-state index contributed by atoms with van der Waals surface area (Å²) in [5.74, 6) is 0. The third kappa shape index (κ3) is 2.89. The van der Waals surface area contributed by atoms with Gasteiger partial charge in [0.05, 0.1) is 11.0 Å². The highest BCUT2D eigenvalue weighted by molar-refractivity contribution is 6.18. The first-order valence-corrected chi connectivity index (χ1v) is 11.6. The number of H-pyrrole nitrogens is 1. The van der Waals surface area contributed by atoms with E-state index < -0.39 is 0 Å². The van der Waals surface area contributed by atoms with Crippen LogP contribution in [0.25, 0.3) is 60.6 Å². The molecule has 34 heavy (non-hydrogen) atoms. The standard InChI is InChI=1S/C32H22N2/c1-2-10-26(11-3-1)34-31-14-5-4-12-28(31)29-18-16-24-20-23(15-17-27(24)32(29)34)22-8-6-9-25(21-22)30-13-7-19-33-30/h1-21,33H. The van der Waals surface area contributed by atoms with Crippen LogP contribution in [0.15, 0.2) is 128 Å². The van der Waals surface area contributed by atoms with Crippen LogP contribution in [0.3, 0.4) is 0 Å². The molecule has 0 saturated carbocycles. The van der Waals surface area contributed by atoms with Gasteiger partial charge in [-0.3, -0.25) is 0 Å². The number of nitrogens with one attached hydrogen (secondary N) is 1. The molecule has 160 valence electrons. The van der Waals surface area contributed by atoms with Crippen LogP contribution in [0.2, 0.25) is 0 Å². The van der Waals surface area contributed by atoms with E-state index in [-0.39, 0.29) is 0 Å². The molecule has 0 saturated heterocycles. The third-order valence-electron chi connectivity index (χ3n) is 6.77. The van der Waals surface area contributed by atoms with E-state index in [2.05, 4.69) is 125 Å². The molecule has 5 aromatic carbocycles. The van der Waals surface area contributed by atoms with Crippen LogP contribution in [0.4, 0.5) is 0 Å². The number of hydrogen-bond acceptors (Lipinski definition) is 0. The van der Waals surface area contributed by atoms with Crippen LogP contribution < -0.4 is 0 Å². The van der Waals surface area contributed by atoms with E-state index in [1.807, 2.05) is 12.3 Å². The summed E-state index contributed by atoms with van der Waals surface area (Å²) in [6.07, 6.45) is 1.97. The van der Waals surface area contributed by atoms with Crippen molar-refractivity contribution in [2.45, 2.75) is 0 Å². The number of aromatic amines is 1. The average Bonchev–Trinajstić information content (AvgIpc) is 3.56. The molecule has 0 radical (unpaired) electrons. The maximum atomic E-state index is 3.31. The van der Waals surface area contributed by atoms with Gasteiger partial charge in [0.25, 0.3) is 0 Å². The molecule has 0 fully saturated rings. The largest absolute Gasteiger partial charge is 0.361 e. The molecule has 0 unspecified atom stereocenters. The molecule has 1 N–H and O–H groups in total. The number of benzene rings is 5. The summed E-state index contributed by atoms with van der Waals surface area (Å²) in [6.45, 7) is 0. The second kappa shape index (κ2) is 7.50. The van der Waals surface area contributed by atoms with Crippen molar-refractivity contribution in [1.82, 2.24) is 9.55 Å². The van der Waals surface area contributed by atoms with Gasteiger partial charge in [0.15, 0.2) is 0 Å². The first kappa shape index (κ1) is 19.0. The number of aromatic nitrogens is 2. The van der Waals surface area contributed by atoms with Gasteiger partial charge in [0.1, 0.15) is 0 Å². The van der Waals surface area contributed by atoms with E-state index in [0.29, 0.717) is 0 Å². The minimum Gasteiger partial charge on any atom is -0.361 e. The van der Waals surface area contributed by atoms with Crippen molar-refractivity contribution >= 4 is 32.6 Å². The second-order valence-electron chi connectivity index (χ2n) is 8.75. The summed E-state index contributed by atoms with van der Waals surface area (Å²) in [5, 5.41) is 5.08. The van der Waals surface area contributed by atoms with Gasteiger partial charge in [-0.15, -0.1) is 0 Å². The Hall–Kier alpha value is -4.56. The predicted octanol–water partition coefficient (Wildman–Crippen LogP) is 8.60. The van der Waals surface area contributed by atoms with Crippen LogP contribution in [0.1, 0.15) is 0 Å². The second-order valence-corrected chi connectivity index (χ2v) is 8.75. The molecular weight excluding hydrogens is 412 g/mol. The number of nitrogens with zero attached hydrogens (tertiary/aromatic N) is 1. The average molecular weight is 435 g/mol. The monoisotopic (exact) mass is 434 g/mol. The zero-order valence-electron chi connectivity index (χ0n) is 18.6. The molecule has 0 amide bonds. The van der Waals surface area contributed by atoms with Crippen molar-refractivity contribution < 1.29 is 0 Å². The van der Waals surface area contributed by atoms with Crippen LogP contribution in [0, 0.1) is 0 Å². The SMILES string of the molecule is c1ccc(-n2c3ccccc3c3ccc4cc(-c5cccc(-c6ccc[nH]6)c5)ccc4c32)cc1. The minimum atomic E-state index is 1.14. The van der Waals surface area contributed by atoms with E-state index >= 15 is 0 Å². The van der Waals surface area contributed by atoms with Crippen molar-refractivity contribution in [1.29, 1.82) is 0 Å². The maximum absolute atomic E-state index is 3.31. The van der Waals surface area contributed by atoms with Gasteiger partial charge in [-0.25, -0.2) is 0 Å².